The first kappa shape index (κ1) is 17.3. The topological polar surface area (TPSA) is 74.0 Å². The van der Waals surface area contributed by atoms with Crippen molar-refractivity contribution in [2.45, 2.75) is 37.6 Å². The molecule has 0 amide bonds. The third-order valence-electron chi connectivity index (χ3n) is 3.57. The molecule has 22 heavy (non-hydrogen) atoms. The van der Waals surface area contributed by atoms with Gasteiger partial charge in [0.15, 0.2) is 4.90 Å². The zero-order valence-electron chi connectivity index (χ0n) is 12.8. The molecule has 1 aromatic heterocycles. The SMILES string of the molecule is CC(C)(C)C(Cn1cncn1)C(O)[S+]([O-])c1ccc(Cl)cc1. The van der Waals surface area contributed by atoms with E-state index in [1.54, 1.807) is 35.3 Å². The fraction of sp³-hybridized carbons (Fsp3) is 0.467. The van der Waals surface area contributed by atoms with Crippen molar-refractivity contribution >= 4 is 22.8 Å². The number of hydrogen-bond acceptors (Lipinski definition) is 4. The predicted octanol–water partition coefficient (Wildman–Crippen LogP) is 2.72. The summed E-state index contributed by atoms with van der Waals surface area (Å²) in [7, 11) is 0. The van der Waals surface area contributed by atoms with Gasteiger partial charge in [0, 0.05) is 16.2 Å². The molecule has 0 aliphatic heterocycles. The Morgan fingerprint density at radius 3 is 2.45 bits per heavy atom. The molecule has 2 rings (SSSR count). The van der Waals surface area contributed by atoms with E-state index in [4.69, 9.17) is 11.6 Å². The standard InChI is InChI=1S/C15H20ClN3O2S/c1-15(2,3)13(8-19-10-17-9-18-19)14(20)22(21)12-6-4-11(16)5-7-12/h4-7,9-10,13-14,20H,8H2,1-3H3. The summed E-state index contributed by atoms with van der Waals surface area (Å²) < 4.78 is 14.3. The molecule has 7 heteroatoms. The van der Waals surface area contributed by atoms with Gasteiger partial charge in [-0.3, -0.25) is 4.68 Å². The maximum absolute atomic E-state index is 12.6. The number of aliphatic hydroxyl groups excluding tert-OH is 1. The molecule has 5 nitrogen and oxygen atoms in total. The summed E-state index contributed by atoms with van der Waals surface area (Å²) in [5, 5.41) is 15.3. The summed E-state index contributed by atoms with van der Waals surface area (Å²) in [4.78, 5) is 4.47. The molecule has 0 fully saturated rings. The van der Waals surface area contributed by atoms with Crippen LogP contribution in [0.15, 0.2) is 41.8 Å². The first-order valence-corrected chi connectivity index (χ1v) is 8.55. The Morgan fingerprint density at radius 1 is 1.32 bits per heavy atom. The van der Waals surface area contributed by atoms with Gasteiger partial charge >= 0.3 is 0 Å². The van der Waals surface area contributed by atoms with Gasteiger partial charge in [-0.2, -0.15) is 5.10 Å². The lowest BCUT2D eigenvalue weighted by molar-refractivity contribution is 0.0808. The normalized spacial score (nSPS) is 16.3. The molecule has 0 spiro atoms. The summed E-state index contributed by atoms with van der Waals surface area (Å²) in [6.07, 6.45) is 3.04. The van der Waals surface area contributed by atoms with Crippen LogP contribution in [0.25, 0.3) is 0 Å². The van der Waals surface area contributed by atoms with E-state index in [9.17, 15) is 9.66 Å². The molecule has 1 aromatic carbocycles. The van der Waals surface area contributed by atoms with Crippen LogP contribution < -0.4 is 0 Å². The van der Waals surface area contributed by atoms with Crippen molar-refractivity contribution in [3.8, 4) is 0 Å². The molecule has 0 bridgehead atoms. The maximum atomic E-state index is 12.6. The first-order valence-electron chi connectivity index (χ1n) is 6.95. The van der Waals surface area contributed by atoms with Gasteiger partial charge in [0.25, 0.3) is 0 Å². The lowest BCUT2D eigenvalue weighted by Crippen LogP contribution is -2.40. The lowest BCUT2D eigenvalue weighted by Gasteiger charge is -2.34. The third kappa shape index (κ3) is 4.23. The second kappa shape index (κ2) is 7.00. The Morgan fingerprint density at radius 2 is 1.95 bits per heavy atom. The Bertz CT molecular complexity index is 584. The van der Waals surface area contributed by atoms with Crippen molar-refractivity contribution in [2.75, 3.05) is 0 Å². The molecule has 1 heterocycles. The summed E-state index contributed by atoms with van der Waals surface area (Å²) in [5.41, 5.74) is -1.25. The number of halogens is 1. The highest BCUT2D eigenvalue weighted by Gasteiger charge is 2.39. The molecular weight excluding hydrogens is 322 g/mol. The Balaban J connectivity index is 2.20. The van der Waals surface area contributed by atoms with E-state index < -0.39 is 16.6 Å². The van der Waals surface area contributed by atoms with Crippen molar-refractivity contribution < 1.29 is 9.66 Å². The van der Waals surface area contributed by atoms with Crippen LogP contribution in [0.5, 0.6) is 0 Å². The van der Waals surface area contributed by atoms with Crippen LogP contribution >= 0.6 is 11.6 Å². The highest BCUT2D eigenvalue weighted by Crippen LogP contribution is 2.34. The largest absolute Gasteiger partial charge is 0.609 e. The number of aromatic nitrogens is 3. The summed E-state index contributed by atoms with van der Waals surface area (Å²) in [5.74, 6) is -0.245. The number of aliphatic hydroxyl groups is 1. The van der Waals surface area contributed by atoms with E-state index in [0.717, 1.165) is 0 Å². The summed E-state index contributed by atoms with van der Waals surface area (Å²) in [6.45, 7) is 6.48. The van der Waals surface area contributed by atoms with E-state index in [2.05, 4.69) is 10.1 Å². The van der Waals surface area contributed by atoms with Gasteiger partial charge in [0.2, 0.25) is 5.44 Å². The lowest BCUT2D eigenvalue weighted by atomic mass is 9.81. The number of hydrogen-bond donors (Lipinski definition) is 1. The molecule has 2 aromatic rings. The van der Waals surface area contributed by atoms with Crippen molar-refractivity contribution in [2.24, 2.45) is 11.3 Å². The third-order valence-corrected chi connectivity index (χ3v) is 5.33. The van der Waals surface area contributed by atoms with Crippen molar-refractivity contribution in [3.63, 3.8) is 0 Å². The Labute approximate surface area is 138 Å². The maximum Gasteiger partial charge on any atom is 0.223 e. The van der Waals surface area contributed by atoms with Gasteiger partial charge in [-0.1, -0.05) is 32.4 Å². The van der Waals surface area contributed by atoms with Crippen molar-refractivity contribution in [3.05, 3.63) is 41.9 Å². The van der Waals surface area contributed by atoms with Crippen LogP contribution in [-0.4, -0.2) is 29.9 Å². The molecule has 0 aliphatic carbocycles. The fourth-order valence-corrected chi connectivity index (χ4v) is 3.78. The van der Waals surface area contributed by atoms with Crippen LogP contribution in [0.2, 0.25) is 5.02 Å². The fourth-order valence-electron chi connectivity index (χ4n) is 2.18. The summed E-state index contributed by atoms with van der Waals surface area (Å²) in [6, 6.07) is 6.70. The molecule has 1 N–H and O–H groups in total. The molecule has 120 valence electrons. The highest BCUT2D eigenvalue weighted by molar-refractivity contribution is 7.91. The number of rotatable bonds is 5. The van der Waals surface area contributed by atoms with E-state index in [-0.39, 0.29) is 11.3 Å². The zero-order valence-corrected chi connectivity index (χ0v) is 14.4. The predicted molar refractivity (Wildman–Crippen MR) is 86.8 cm³/mol. The van der Waals surface area contributed by atoms with Gasteiger partial charge in [0.05, 0.1) is 12.5 Å². The molecule has 0 saturated carbocycles. The molecule has 0 saturated heterocycles. The number of nitrogens with zero attached hydrogens (tertiary/aromatic N) is 3. The van der Waals surface area contributed by atoms with E-state index in [1.807, 2.05) is 20.8 Å². The average Bonchev–Trinajstić information content (AvgIpc) is 2.96. The van der Waals surface area contributed by atoms with E-state index >= 15 is 0 Å². The average molecular weight is 342 g/mol. The molecule has 0 aliphatic rings. The van der Waals surface area contributed by atoms with Gasteiger partial charge in [-0.05, 0) is 29.7 Å². The van der Waals surface area contributed by atoms with E-state index in [0.29, 0.717) is 16.5 Å². The van der Waals surface area contributed by atoms with Gasteiger partial charge in [-0.25, -0.2) is 4.98 Å². The zero-order chi connectivity index (χ0) is 16.3. The summed E-state index contributed by atoms with van der Waals surface area (Å²) >= 11 is 4.31. The van der Waals surface area contributed by atoms with E-state index in [1.165, 1.54) is 6.33 Å². The van der Waals surface area contributed by atoms with Crippen molar-refractivity contribution in [1.82, 2.24) is 14.8 Å². The Hall–Kier alpha value is -1.08. The van der Waals surface area contributed by atoms with Crippen LogP contribution in [0.1, 0.15) is 20.8 Å². The van der Waals surface area contributed by atoms with Crippen LogP contribution in [0.3, 0.4) is 0 Å². The van der Waals surface area contributed by atoms with Crippen LogP contribution in [0, 0.1) is 11.3 Å². The smallest absolute Gasteiger partial charge is 0.223 e. The second-order valence-corrected chi connectivity index (χ2v) is 8.22. The first-order chi connectivity index (χ1) is 10.3. The monoisotopic (exact) mass is 341 g/mol. The molecular formula is C15H20ClN3O2S. The van der Waals surface area contributed by atoms with Gasteiger partial charge < -0.3 is 9.66 Å². The quantitative estimate of drug-likeness (QED) is 0.848. The highest BCUT2D eigenvalue weighted by atomic mass is 35.5. The minimum absolute atomic E-state index is 0.243. The minimum atomic E-state index is -1.54. The molecule has 0 radical (unpaired) electrons. The van der Waals surface area contributed by atoms with Crippen molar-refractivity contribution in [1.29, 1.82) is 0 Å². The molecule has 3 unspecified atom stereocenters. The molecule has 3 atom stereocenters. The van der Waals surface area contributed by atoms with Crippen LogP contribution in [-0.2, 0) is 17.7 Å². The van der Waals surface area contributed by atoms with Gasteiger partial charge in [0.1, 0.15) is 12.7 Å². The second-order valence-electron chi connectivity index (χ2n) is 6.23. The van der Waals surface area contributed by atoms with Crippen LogP contribution in [0.4, 0.5) is 0 Å². The Kier molecular flexibility index (Phi) is 5.50. The minimum Gasteiger partial charge on any atom is -0.609 e. The van der Waals surface area contributed by atoms with Gasteiger partial charge in [-0.15, -0.1) is 0 Å². The number of benzene rings is 1.